The van der Waals surface area contributed by atoms with Gasteiger partial charge in [-0.1, -0.05) is 32.9 Å². The highest BCUT2D eigenvalue weighted by atomic mass is 16.2. The van der Waals surface area contributed by atoms with Crippen molar-refractivity contribution in [1.29, 1.82) is 0 Å². The number of hydrazine groups is 1. The molecule has 1 amide bonds. The van der Waals surface area contributed by atoms with Crippen molar-refractivity contribution in [3.8, 4) is 0 Å². The maximum atomic E-state index is 12.4. The van der Waals surface area contributed by atoms with E-state index in [4.69, 9.17) is 5.84 Å². The predicted molar refractivity (Wildman–Crippen MR) is 82.7 cm³/mol. The Morgan fingerprint density at radius 2 is 2.10 bits per heavy atom. The van der Waals surface area contributed by atoms with Gasteiger partial charge in [-0.05, 0) is 12.5 Å². The van der Waals surface area contributed by atoms with Crippen LogP contribution in [0.25, 0.3) is 0 Å². The first kappa shape index (κ1) is 16.7. The molecule has 1 rings (SSSR count). The number of nitrogens with one attached hydrogen (secondary N) is 1. The maximum Gasteiger partial charge on any atom is 0.228 e. The first-order chi connectivity index (χ1) is 9.25. The van der Waals surface area contributed by atoms with E-state index in [-0.39, 0.29) is 17.4 Å². The number of carbonyl (C=O) groups excluding carboxylic acids is 1. The largest absolute Gasteiger partial charge is 0.339 e. The van der Waals surface area contributed by atoms with E-state index in [9.17, 15) is 4.79 Å². The molecule has 1 unspecified atom stereocenters. The normalized spacial score (nSPS) is 21.4. The smallest absolute Gasteiger partial charge is 0.228 e. The fourth-order valence-corrected chi connectivity index (χ4v) is 2.31. The van der Waals surface area contributed by atoms with Crippen LogP contribution in [0.3, 0.4) is 0 Å². The molecule has 1 aliphatic rings. The van der Waals surface area contributed by atoms with Gasteiger partial charge in [0.15, 0.2) is 0 Å². The Labute approximate surface area is 122 Å². The summed E-state index contributed by atoms with van der Waals surface area (Å²) >= 11 is 0. The minimum atomic E-state index is -0.336. The third-order valence-electron chi connectivity index (χ3n) is 3.22. The lowest BCUT2D eigenvalue weighted by Gasteiger charge is -2.37. The quantitative estimate of drug-likeness (QED) is 0.462. The number of carbonyl (C=O) groups is 1. The zero-order valence-corrected chi connectivity index (χ0v) is 13.3. The summed E-state index contributed by atoms with van der Waals surface area (Å²) < 4.78 is 0. The van der Waals surface area contributed by atoms with Crippen molar-refractivity contribution in [2.24, 2.45) is 11.3 Å². The highest BCUT2D eigenvalue weighted by Gasteiger charge is 2.31. The Morgan fingerprint density at radius 1 is 1.45 bits per heavy atom. The number of hydrogen-bond acceptors (Lipinski definition) is 4. The second-order valence-corrected chi connectivity index (χ2v) is 6.30. The van der Waals surface area contributed by atoms with Crippen LogP contribution in [0, 0.1) is 5.41 Å². The molecule has 0 aromatic heterocycles. The highest BCUT2D eigenvalue weighted by molar-refractivity contribution is 5.81. The van der Waals surface area contributed by atoms with Gasteiger partial charge in [0.05, 0.1) is 6.04 Å². The Balaban J connectivity index is 2.85. The first-order valence-electron chi connectivity index (χ1n) is 7.10. The zero-order chi connectivity index (χ0) is 15.3. The molecule has 0 radical (unpaired) electrons. The first-order valence-corrected chi connectivity index (χ1v) is 7.10. The molecule has 0 aromatic rings. The molecule has 0 aliphatic carbocycles. The summed E-state index contributed by atoms with van der Waals surface area (Å²) in [7, 11) is 1.80. The Hall–Kier alpha value is -1.33. The van der Waals surface area contributed by atoms with E-state index in [1.807, 2.05) is 50.9 Å². The molecule has 1 saturated heterocycles. The number of hydrogen-bond donors (Lipinski definition) is 2. The van der Waals surface area contributed by atoms with Crippen LogP contribution in [0.2, 0.25) is 0 Å². The Kier molecular flexibility index (Phi) is 5.77. The molecule has 1 fully saturated rings. The lowest BCUT2D eigenvalue weighted by atomic mass is 9.93. The van der Waals surface area contributed by atoms with Crippen molar-refractivity contribution < 1.29 is 4.79 Å². The molecule has 0 bridgehead atoms. The topological polar surface area (TPSA) is 61.6 Å². The van der Waals surface area contributed by atoms with E-state index >= 15 is 0 Å². The lowest BCUT2D eigenvalue weighted by molar-refractivity contribution is -0.140. The van der Waals surface area contributed by atoms with Crippen LogP contribution in [-0.4, -0.2) is 48.5 Å². The van der Waals surface area contributed by atoms with Crippen LogP contribution in [0.4, 0.5) is 0 Å². The van der Waals surface area contributed by atoms with Crippen LogP contribution in [0.1, 0.15) is 27.7 Å². The van der Waals surface area contributed by atoms with Gasteiger partial charge in [-0.2, -0.15) is 0 Å². The summed E-state index contributed by atoms with van der Waals surface area (Å²) in [5.74, 6) is 5.91. The molecule has 1 atom stereocenters. The van der Waals surface area contributed by atoms with E-state index in [1.165, 1.54) is 0 Å². The SMILES string of the molecule is C/C=C\C(=C/N(C)N)C1CN(C(=O)C(C)(C)C)CCN1. The fraction of sp³-hybridized carbons (Fsp3) is 0.667. The highest BCUT2D eigenvalue weighted by Crippen LogP contribution is 2.20. The minimum Gasteiger partial charge on any atom is -0.339 e. The third-order valence-corrected chi connectivity index (χ3v) is 3.22. The predicted octanol–water partition coefficient (Wildman–Crippen LogP) is 1.10. The maximum absolute atomic E-state index is 12.4. The summed E-state index contributed by atoms with van der Waals surface area (Å²) in [6, 6.07) is 0.122. The number of amides is 1. The van der Waals surface area contributed by atoms with Crippen LogP contribution in [-0.2, 0) is 4.79 Å². The van der Waals surface area contributed by atoms with Gasteiger partial charge >= 0.3 is 0 Å². The second kappa shape index (κ2) is 6.90. The number of nitrogens with zero attached hydrogens (tertiary/aromatic N) is 2. The van der Waals surface area contributed by atoms with Gasteiger partial charge in [0, 0.05) is 38.3 Å². The molecule has 20 heavy (non-hydrogen) atoms. The summed E-state index contributed by atoms with van der Waals surface area (Å²) in [5, 5.41) is 4.99. The molecular formula is C15H28N4O. The van der Waals surface area contributed by atoms with Gasteiger partial charge in [0.2, 0.25) is 5.91 Å². The summed E-state index contributed by atoms with van der Waals surface area (Å²) in [4.78, 5) is 14.3. The van der Waals surface area contributed by atoms with Crippen LogP contribution < -0.4 is 11.2 Å². The fourth-order valence-electron chi connectivity index (χ4n) is 2.31. The number of rotatable bonds is 3. The van der Waals surface area contributed by atoms with Gasteiger partial charge in [0.25, 0.3) is 0 Å². The Morgan fingerprint density at radius 3 is 2.60 bits per heavy atom. The molecule has 1 aliphatic heterocycles. The second-order valence-electron chi connectivity index (χ2n) is 6.30. The monoisotopic (exact) mass is 280 g/mol. The standard InChI is InChI=1S/C15H28N4O/c1-6-7-12(10-18(5)16)13-11-19(9-8-17-13)14(20)15(2,3)4/h6-7,10,13,17H,8-9,11,16H2,1-5H3/b7-6-,12-10+. The molecule has 0 aromatic carbocycles. The summed E-state index contributed by atoms with van der Waals surface area (Å²) in [6.45, 7) is 10.1. The molecule has 114 valence electrons. The van der Waals surface area contributed by atoms with Gasteiger partial charge in [-0.3, -0.25) is 4.79 Å². The van der Waals surface area contributed by atoms with Crippen LogP contribution >= 0.6 is 0 Å². The van der Waals surface area contributed by atoms with Crippen molar-refractivity contribution in [3.05, 3.63) is 23.9 Å². The number of allylic oxidation sites excluding steroid dienone is 1. The van der Waals surface area contributed by atoms with Crippen LogP contribution in [0.15, 0.2) is 23.9 Å². The van der Waals surface area contributed by atoms with Gasteiger partial charge in [-0.15, -0.1) is 0 Å². The zero-order valence-electron chi connectivity index (χ0n) is 13.3. The van der Waals surface area contributed by atoms with E-state index < -0.39 is 0 Å². The number of piperazine rings is 1. The molecule has 5 nitrogen and oxygen atoms in total. The van der Waals surface area contributed by atoms with Crippen molar-refractivity contribution in [2.45, 2.75) is 33.7 Å². The molecular weight excluding hydrogens is 252 g/mol. The van der Waals surface area contributed by atoms with E-state index in [0.29, 0.717) is 6.54 Å². The van der Waals surface area contributed by atoms with E-state index in [2.05, 4.69) is 5.32 Å². The minimum absolute atomic E-state index is 0.122. The lowest BCUT2D eigenvalue weighted by Crippen LogP contribution is -2.55. The van der Waals surface area contributed by atoms with E-state index in [0.717, 1.165) is 18.7 Å². The van der Waals surface area contributed by atoms with Crippen molar-refractivity contribution >= 4 is 5.91 Å². The summed E-state index contributed by atoms with van der Waals surface area (Å²) in [5.41, 5.74) is 0.751. The molecule has 1 heterocycles. The van der Waals surface area contributed by atoms with Gasteiger partial charge in [-0.25, -0.2) is 5.84 Å². The molecule has 5 heteroatoms. The van der Waals surface area contributed by atoms with Crippen molar-refractivity contribution in [2.75, 3.05) is 26.7 Å². The van der Waals surface area contributed by atoms with Crippen molar-refractivity contribution in [3.63, 3.8) is 0 Å². The third kappa shape index (κ3) is 4.65. The van der Waals surface area contributed by atoms with Gasteiger partial charge < -0.3 is 15.2 Å². The Bertz CT molecular complexity index is 393. The summed E-state index contributed by atoms with van der Waals surface area (Å²) in [6.07, 6.45) is 5.91. The van der Waals surface area contributed by atoms with E-state index in [1.54, 1.807) is 12.1 Å². The average molecular weight is 280 g/mol. The molecule has 0 spiro atoms. The van der Waals surface area contributed by atoms with Crippen molar-refractivity contribution in [1.82, 2.24) is 15.2 Å². The molecule has 0 saturated carbocycles. The molecule has 3 N–H and O–H groups in total. The average Bonchev–Trinajstić information content (AvgIpc) is 2.36. The van der Waals surface area contributed by atoms with Gasteiger partial charge in [0.1, 0.15) is 0 Å². The number of nitrogens with two attached hydrogens (primary N) is 1. The van der Waals surface area contributed by atoms with Crippen LogP contribution in [0.5, 0.6) is 0 Å².